The first kappa shape index (κ1) is 11.8. The van der Waals surface area contributed by atoms with Crippen molar-refractivity contribution in [3.05, 3.63) is 35.4 Å². The van der Waals surface area contributed by atoms with Crippen LogP contribution < -0.4 is 0 Å². The standard InChI is InChI=1S/C13H19NO/c1-3-5-10-15-14-11-13-9-7-6-8-12(13)4-2/h6-9,11H,3-5,10H2,1-2H3. The number of unbranched alkanes of at least 4 members (excludes halogenated alkanes) is 1. The smallest absolute Gasteiger partial charge is 0.117 e. The van der Waals surface area contributed by atoms with Gasteiger partial charge in [0.2, 0.25) is 0 Å². The van der Waals surface area contributed by atoms with Crippen molar-refractivity contribution in [1.29, 1.82) is 0 Å². The Morgan fingerprint density at radius 3 is 2.80 bits per heavy atom. The van der Waals surface area contributed by atoms with Crippen molar-refractivity contribution in [3.63, 3.8) is 0 Å². The van der Waals surface area contributed by atoms with Crippen molar-refractivity contribution < 1.29 is 4.84 Å². The predicted octanol–water partition coefficient (Wildman–Crippen LogP) is 3.40. The van der Waals surface area contributed by atoms with E-state index in [9.17, 15) is 0 Å². The summed E-state index contributed by atoms with van der Waals surface area (Å²) in [5.41, 5.74) is 2.46. The molecule has 2 nitrogen and oxygen atoms in total. The molecule has 1 aromatic rings. The van der Waals surface area contributed by atoms with Crippen molar-refractivity contribution in [2.75, 3.05) is 6.61 Å². The Hall–Kier alpha value is -1.31. The van der Waals surface area contributed by atoms with E-state index in [1.54, 1.807) is 6.21 Å². The Kier molecular flexibility index (Phi) is 5.52. The van der Waals surface area contributed by atoms with Crippen LogP contribution in [0.15, 0.2) is 29.4 Å². The summed E-state index contributed by atoms with van der Waals surface area (Å²) >= 11 is 0. The molecular weight excluding hydrogens is 186 g/mol. The number of rotatable bonds is 6. The maximum absolute atomic E-state index is 5.15. The molecule has 0 spiro atoms. The van der Waals surface area contributed by atoms with Crippen LogP contribution in [0.3, 0.4) is 0 Å². The van der Waals surface area contributed by atoms with E-state index in [-0.39, 0.29) is 0 Å². The van der Waals surface area contributed by atoms with Crippen LogP contribution in [0.25, 0.3) is 0 Å². The van der Waals surface area contributed by atoms with Gasteiger partial charge in [-0.3, -0.25) is 0 Å². The molecule has 0 bridgehead atoms. The van der Waals surface area contributed by atoms with E-state index < -0.39 is 0 Å². The molecule has 0 fully saturated rings. The van der Waals surface area contributed by atoms with Gasteiger partial charge in [0.05, 0.1) is 6.21 Å². The number of hydrogen-bond donors (Lipinski definition) is 0. The van der Waals surface area contributed by atoms with Crippen LogP contribution in [0.4, 0.5) is 0 Å². The lowest BCUT2D eigenvalue weighted by atomic mass is 10.1. The Balaban J connectivity index is 2.48. The fraction of sp³-hybridized carbons (Fsp3) is 0.462. The highest BCUT2D eigenvalue weighted by molar-refractivity contribution is 5.81. The van der Waals surface area contributed by atoms with Gasteiger partial charge in [0.1, 0.15) is 6.61 Å². The summed E-state index contributed by atoms with van der Waals surface area (Å²) in [6, 6.07) is 8.25. The van der Waals surface area contributed by atoms with Gasteiger partial charge in [-0.15, -0.1) is 0 Å². The minimum atomic E-state index is 0.710. The van der Waals surface area contributed by atoms with Crippen LogP contribution in [0.5, 0.6) is 0 Å². The van der Waals surface area contributed by atoms with Crippen LogP contribution in [0, 0.1) is 0 Å². The van der Waals surface area contributed by atoms with Gasteiger partial charge in [0.15, 0.2) is 0 Å². The minimum absolute atomic E-state index is 0.710. The van der Waals surface area contributed by atoms with Gasteiger partial charge in [-0.05, 0) is 24.0 Å². The lowest BCUT2D eigenvalue weighted by Crippen LogP contribution is -1.92. The number of oxime groups is 1. The summed E-state index contributed by atoms with van der Waals surface area (Å²) in [6.45, 7) is 4.99. The maximum Gasteiger partial charge on any atom is 0.117 e. The van der Waals surface area contributed by atoms with Gasteiger partial charge in [-0.25, -0.2) is 0 Å². The fourth-order valence-corrected chi connectivity index (χ4v) is 1.34. The average molecular weight is 205 g/mol. The molecule has 0 saturated carbocycles. The Bertz CT molecular complexity index is 307. The Labute approximate surface area is 91.9 Å². The summed E-state index contributed by atoms with van der Waals surface area (Å²) in [7, 11) is 0. The van der Waals surface area contributed by atoms with E-state index in [1.165, 1.54) is 5.56 Å². The molecule has 82 valence electrons. The topological polar surface area (TPSA) is 21.6 Å². The molecule has 0 amide bonds. The molecule has 0 aliphatic rings. The van der Waals surface area contributed by atoms with Gasteiger partial charge in [-0.2, -0.15) is 0 Å². The number of aryl methyl sites for hydroxylation is 1. The van der Waals surface area contributed by atoms with Crippen LogP contribution in [0.2, 0.25) is 0 Å². The van der Waals surface area contributed by atoms with Crippen LogP contribution in [-0.4, -0.2) is 12.8 Å². The zero-order valence-corrected chi connectivity index (χ0v) is 9.57. The second-order valence-electron chi connectivity index (χ2n) is 3.47. The molecule has 0 aliphatic heterocycles. The van der Waals surface area contributed by atoms with Gasteiger partial charge in [0, 0.05) is 0 Å². The zero-order chi connectivity index (χ0) is 10.9. The summed E-state index contributed by atoms with van der Waals surface area (Å²) in [5.74, 6) is 0. The second-order valence-corrected chi connectivity index (χ2v) is 3.47. The molecule has 0 aromatic heterocycles. The quantitative estimate of drug-likeness (QED) is 0.396. The lowest BCUT2D eigenvalue weighted by molar-refractivity contribution is 0.143. The monoisotopic (exact) mass is 205 g/mol. The van der Waals surface area contributed by atoms with E-state index in [1.807, 2.05) is 12.1 Å². The predicted molar refractivity (Wildman–Crippen MR) is 64.3 cm³/mol. The molecule has 2 heteroatoms. The molecule has 15 heavy (non-hydrogen) atoms. The first-order chi connectivity index (χ1) is 7.38. The largest absolute Gasteiger partial charge is 0.396 e. The average Bonchev–Trinajstić information content (AvgIpc) is 2.29. The zero-order valence-electron chi connectivity index (χ0n) is 9.57. The second kappa shape index (κ2) is 7.04. The van der Waals surface area contributed by atoms with Crippen molar-refractivity contribution in [1.82, 2.24) is 0 Å². The molecular formula is C13H19NO. The molecule has 0 radical (unpaired) electrons. The third-order valence-electron chi connectivity index (χ3n) is 2.29. The summed E-state index contributed by atoms with van der Waals surface area (Å²) in [6.07, 6.45) is 5.03. The van der Waals surface area contributed by atoms with Crippen molar-refractivity contribution in [3.8, 4) is 0 Å². The SMILES string of the molecule is CCCCON=Cc1ccccc1CC. The van der Waals surface area contributed by atoms with E-state index in [2.05, 4.69) is 31.1 Å². The van der Waals surface area contributed by atoms with E-state index in [4.69, 9.17) is 4.84 Å². The third kappa shape index (κ3) is 4.15. The third-order valence-corrected chi connectivity index (χ3v) is 2.29. The molecule has 0 saturated heterocycles. The first-order valence-electron chi connectivity index (χ1n) is 5.61. The molecule has 0 unspecified atom stereocenters. The molecule has 1 aromatic carbocycles. The number of hydrogen-bond acceptors (Lipinski definition) is 2. The van der Waals surface area contributed by atoms with Gasteiger partial charge in [-0.1, -0.05) is 49.7 Å². The summed E-state index contributed by atoms with van der Waals surface area (Å²) < 4.78 is 0. The van der Waals surface area contributed by atoms with Crippen molar-refractivity contribution >= 4 is 6.21 Å². The van der Waals surface area contributed by atoms with Crippen molar-refractivity contribution in [2.24, 2.45) is 5.16 Å². The number of nitrogens with zero attached hydrogens (tertiary/aromatic N) is 1. The highest BCUT2D eigenvalue weighted by Gasteiger charge is 1.95. The summed E-state index contributed by atoms with van der Waals surface area (Å²) in [5, 5.41) is 3.96. The van der Waals surface area contributed by atoms with Gasteiger partial charge < -0.3 is 4.84 Å². The Morgan fingerprint density at radius 2 is 2.07 bits per heavy atom. The van der Waals surface area contributed by atoms with E-state index in [0.717, 1.165) is 24.8 Å². The van der Waals surface area contributed by atoms with Crippen molar-refractivity contribution in [2.45, 2.75) is 33.1 Å². The van der Waals surface area contributed by atoms with E-state index >= 15 is 0 Å². The molecule has 0 aliphatic carbocycles. The Morgan fingerprint density at radius 1 is 1.27 bits per heavy atom. The highest BCUT2D eigenvalue weighted by atomic mass is 16.6. The fourth-order valence-electron chi connectivity index (χ4n) is 1.34. The first-order valence-corrected chi connectivity index (χ1v) is 5.61. The van der Waals surface area contributed by atoms with Crippen LogP contribution in [-0.2, 0) is 11.3 Å². The van der Waals surface area contributed by atoms with Gasteiger partial charge in [0.25, 0.3) is 0 Å². The van der Waals surface area contributed by atoms with Crippen LogP contribution >= 0.6 is 0 Å². The normalized spacial score (nSPS) is 10.8. The molecule has 0 heterocycles. The van der Waals surface area contributed by atoms with Gasteiger partial charge >= 0.3 is 0 Å². The molecule has 0 N–H and O–H groups in total. The lowest BCUT2D eigenvalue weighted by Gasteiger charge is -2.01. The molecule has 0 atom stereocenters. The highest BCUT2D eigenvalue weighted by Crippen LogP contribution is 2.06. The number of benzene rings is 1. The minimum Gasteiger partial charge on any atom is -0.396 e. The molecule has 1 rings (SSSR count). The summed E-state index contributed by atoms with van der Waals surface area (Å²) in [4.78, 5) is 5.15. The van der Waals surface area contributed by atoms with E-state index in [0.29, 0.717) is 6.61 Å². The maximum atomic E-state index is 5.15. The van der Waals surface area contributed by atoms with Crippen LogP contribution in [0.1, 0.15) is 37.8 Å².